The minimum Gasteiger partial charge on any atom is -0.368 e. The number of amides is 1. The highest BCUT2D eigenvalue weighted by Gasteiger charge is 2.22. The maximum absolute atomic E-state index is 13.3. The number of piperazine rings is 1. The van der Waals surface area contributed by atoms with Gasteiger partial charge >= 0.3 is 0 Å². The van der Waals surface area contributed by atoms with Crippen LogP contribution in [0.1, 0.15) is 6.42 Å². The van der Waals surface area contributed by atoms with Gasteiger partial charge in [0.25, 0.3) is 5.56 Å². The van der Waals surface area contributed by atoms with E-state index < -0.39 is 0 Å². The third-order valence-electron chi connectivity index (χ3n) is 6.20. The molecule has 1 saturated heterocycles. The standard InChI is InChI=1S/C27H26N4O2/c32-25(30-19-17-29(18-20-30)22-11-5-2-6-12-22)15-16-31-26(21-9-3-1-4-10-21)28-24-14-8-7-13-23(24)27(31)33/h1-14H,15-20H2. The molecule has 0 radical (unpaired) electrons. The summed E-state index contributed by atoms with van der Waals surface area (Å²) in [6, 6.07) is 27.3. The van der Waals surface area contributed by atoms with Gasteiger partial charge in [-0.05, 0) is 24.3 Å². The summed E-state index contributed by atoms with van der Waals surface area (Å²) in [4.78, 5) is 35.3. The van der Waals surface area contributed by atoms with Crippen molar-refractivity contribution in [3.8, 4) is 11.4 Å². The first-order chi connectivity index (χ1) is 16.2. The molecule has 0 saturated carbocycles. The number of hydrogen-bond acceptors (Lipinski definition) is 4. The SMILES string of the molecule is O=C(CCn1c(-c2ccccc2)nc2ccccc2c1=O)N1CCN(c2ccccc2)CC1. The Hall–Kier alpha value is -3.93. The molecular formula is C27H26N4O2. The third kappa shape index (κ3) is 4.37. The summed E-state index contributed by atoms with van der Waals surface area (Å²) in [5.41, 5.74) is 2.61. The van der Waals surface area contributed by atoms with E-state index in [0.29, 0.717) is 36.4 Å². The summed E-state index contributed by atoms with van der Waals surface area (Å²) in [6.45, 7) is 3.29. The lowest BCUT2D eigenvalue weighted by atomic mass is 10.1. The van der Waals surface area contributed by atoms with Crippen molar-refractivity contribution in [2.45, 2.75) is 13.0 Å². The average molecular weight is 439 g/mol. The lowest BCUT2D eigenvalue weighted by Crippen LogP contribution is -2.49. The molecule has 0 unspecified atom stereocenters. The molecule has 1 aliphatic heterocycles. The lowest BCUT2D eigenvalue weighted by molar-refractivity contribution is -0.131. The number of aromatic nitrogens is 2. The van der Waals surface area contributed by atoms with E-state index in [2.05, 4.69) is 17.0 Å². The molecule has 1 aliphatic rings. The van der Waals surface area contributed by atoms with Crippen LogP contribution in [0.15, 0.2) is 89.7 Å². The van der Waals surface area contributed by atoms with Crippen LogP contribution in [-0.4, -0.2) is 46.5 Å². The number of carbonyl (C=O) groups is 1. The van der Waals surface area contributed by atoms with Gasteiger partial charge in [-0.1, -0.05) is 60.7 Å². The van der Waals surface area contributed by atoms with Crippen molar-refractivity contribution < 1.29 is 4.79 Å². The van der Waals surface area contributed by atoms with Gasteiger partial charge in [0.05, 0.1) is 10.9 Å². The van der Waals surface area contributed by atoms with Crippen molar-refractivity contribution >= 4 is 22.5 Å². The second-order valence-corrected chi connectivity index (χ2v) is 8.23. The minimum atomic E-state index is -0.110. The predicted molar refractivity (Wildman–Crippen MR) is 131 cm³/mol. The van der Waals surface area contributed by atoms with Crippen molar-refractivity contribution in [2.75, 3.05) is 31.1 Å². The van der Waals surface area contributed by atoms with Gasteiger partial charge in [-0.2, -0.15) is 0 Å². The van der Waals surface area contributed by atoms with E-state index in [9.17, 15) is 9.59 Å². The summed E-state index contributed by atoms with van der Waals surface area (Å²) in [5, 5.41) is 0.570. The van der Waals surface area contributed by atoms with Crippen LogP contribution in [0.3, 0.4) is 0 Å². The highest BCUT2D eigenvalue weighted by atomic mass is 16.2. The number of hydrogen-bond donors (Lipinski definition) is 0. The molecule has 1 fully saturated rings. The molecule has 3 aromatic carbocycles. The van der Waals surface area contributed by atoms with Crippen LogP contribution < -0.4 is 10.5 Å². The van der Waals surface area contributed by atoms with E-state index in [0.717, 1.165) is 18.7 Å². The van der Waals surface area contributed by atoms with Gasteiger partial charge in [-0.15, -0.1) is 0 Å². The van der Waals surface area contributed by atoms with Gasteiger partial charge in [-0.25, -0.2) is 4.98 Å². The van der Waals surface area contributed by atoms with E-state index in [1.54, 1.807) is 10.6 Å². The Labute approximate surface area is 192 Å². The van der Waals surface area contributed by atoms with Gasteiger partial charge in [0.1, 0.15) is 5.82 Å². The summed E-state index contributed by atoms with van der Waals surface area (Å²) >= 11 is 0. The Kier molecular flexibility index (Phi) is 5.89. The number of benzene rings is 3. The van der Waals surface area contributed by atoms with Gasteiger partial charge in [0, 0.05) is 50.4 Å². The fraction of sp³-hybridized carbons (Fsp3) is 0.222. The first-order valence-electron chi connectivity index (χ1n) is 11.3. The number of fused-ring (bicyclic) bond motifs is 1. The van der Waals surface area contributed by atoms with E-state index >= 15 is 0 Å². The van der Waals surface area contributed by atoms with Crippen molar-refractivity contribution in [3.05, 3.63) is 95.3 Å². The quantitative estimate of drug-likeness (QED) is 0.476. The molecule has 4 aromatic rings. The maximum Gasteiger partial charge on any atom is 0.261 e. The maximum atomic E-state index is 13.3. The highest BCUT2D eigenvalue weighted by Crippen LogP contribution is 2.20. The molecule has 2 heterocycles. The number of carbonyl (C=O) groups excluding carboxylic acids is 1. The molecule has 6 heteroatoms. The smallest absolute Gasteiger partial charge is 0.261 e. The summed E-state index contributed by atoms with van der Waals surface area (Å²) in [5.74, 6) is 0.669. The Bertz CT molecular complexity index is 1310. The van der Waals surface area contributed by atoms with Crippen molar-refractivity contribution in [1.82, 2.24) is 14.5 Å². The fourth-order valence-corrected chi connectivity index (χ4v) is 4.40. The van der Waals surface area contributed by atoms with E-state index in [4.69, 9.17) is 4.98 Å². The highest BCUT2D eigenvalue weighted by molar-refractivity contribution is 5.80. The van der Waals surface area contributed by atoms with Crippen molar-refractivity contribution in [1.29, 1.82) is 0 Å². The predicted octanol–water partition coefficient (Wildman–Crippen LogP) is 3.80. The van der Waals surface area contributed by atoms with Crippen molar-refractivity contribution in [3.63, 3.8) is 0 Å². The molecule has 6 nitrogen and oxygen atoms in total. The van der Waals surface area contributed by atoms with Gasteiger partial charge in [0.2, 0.25) is 5.91 Å². The topological polar surface area (TPSA) is 58.4 Å². The molecular weight excluding hydrogens is 412 g/mol. The fourth-order valence-electron chi connectivity index (χ4n) is 4.40. The molecule has 166 valence electrons. The number of nitrogens with zero attached hydrogens (tertiary/aromatic N) is 4. The zero-order valence-electron chi connectivity index (χ0n) is 18.4. The number of para-hydroxylation sites is 2. The average Bonchev–Trinajstić information content (AvgIpc) is 2.89. The summed E-state index contributed by atoms with van der Waals surface area (Å²) < 4.78 is 1.65. The van der Waals surface area contributed by atoms with E-state index in [-0.39, 0.29) is 17.9 Å². The molecule has 33 heavy (non-hydrogen) atoms. The van der Waals surface area contributed by atoms with E-state index in [1.165, 1.54) is 5.69 Å². The summed E-state index contributed by atoms with van der Waals surface area (Å²) in [7, 11) is 0. The first kappa shape index (κ1) is 20.9. The van der Waals surface area contributed by atoms with Gasteiger partial charge in [-0.3, -0.25) is 14.2 Å². The zero-order chi connectivity index (χ0) is 22.6. The normalized spacial score (nSPS) is 13.9. The van der Waals surface area contributed by atoms with Crippen LogP contribution in [0.5, 0.6) is 0 Å². The molecule has 0 bridgehead atoms. The van der Waals surface area contributed by atoms with Crippen LogP contribution in [0, 0.1) is 0 Å². The minimum absolute atomic E-state index is 0.0711. The largest absolute Gasteiger partial charge is 0.368 e. The van der Waals surface area contributed by atoms with Crippen molar-refractivity contribution in [2.24, 2.45) is 0 Å². The lowest BCUT2D eigenvalue weighted by Gasteiger charge is -2.36. The summed E-state index contributed by atoms with van der Waals surface area (Å²) in [6.07, 6.45) is 0.269. The monoisotopic (exact) mass is 438 g/mol. The third-order valence-corrected chi connectivity index (χ3v) is 6.20. The van der Waals surface area contributed by atoms with Crippen LogP contribution in [0.4, 0.5) is 5.69 Å². The van der Waals surface area contributed by atoms with E-state index in [1.807, 2.05) is 71.6 Å². The van der Waals surface area contributed by atoms with Crippen LogP contribution in [0.25, 0.3) is 22.3 Å². The first-order valence-corrected chi connectivity index (χ1v) is 11.3. The second kappa shape index (κ2) is 9.28. The van der Waals surface area contributed by atoms with Gasteiger partial charge in [0.15, 0.2) is 0 Å². The number of anilines is 1. The van der Waals surface area contributed by atoms with Crippen LogP contribution in [0.2, 0.25) is 0 Å². The molecule has 0 N–H and O–H groups in total. The molecule has 0 aliphatic carbocycles. The molecule has 5 rings (SSSR count). The van der Waals surface area contributed by atoms with Gasteiger partial charge < -0.3 is 9.80 Å². The molecule has 1 aromatic heterocycles. The Morgan fingerprint density at radius 3 is 2.15 bits per heavy atom. The number of rotatable bonds is 5. The van der Waals surface area contributed by atoms with Crippen LogP contribution >= 0.6 is 0 Å². The second-order valence-electron chi connectivity index (χ2n) is 8.23. The Morgan fingerprint density at radius 1 is 0.788 bits per heavy atom. The molecule has 0 spiro atoms. The Balaban J connectivity index is 1.34. The molecule has 1 amide bonds. The Morgan fingerprint density at radius 2 is 1.42 bits per heavy atom. The zero-order valence-corrected chi connectivity index (χ0v) is 18.4. The van der Waals surface area contributed by atoms with Crippen LogP contribution in [-0.2, 0) is 11.3 Å². The molecule has 0 atom stereocenters.